The molecule has 98 valence electrons. The zero-order valence-electron chi connectivity index (χ0n) is 10.3. The largest absolute Gasteiger partial charge is 0.461 e. The number of aryl methyl sites for hydroxylation is 1. The monoisotopic (exact) mass is 276 g/mol. The molecular weight excluding hydrogens is 264 g/mol. The van der Waals surface area contributed by atoms with E-state index in [0.717, 1.165) is 12.8 Å². The Morgan fingerprint density at radius 3 is 2.58 bits per heavy atom. The van der Waals surface area contributed by atoms with Crippen LogP contribution in [0.25, 0.3) is 0 Å². The van der Waals surface area contributed by atoms with E-state index in [1.165, 1.54) is 17.7 Å². The van der Waals surface area contributed by atoms with Crippen LogP contribution in [0, 0.1) is 0 Å². The number of ether oxygens (including phenoxy) is 1. The van der Waals surface area contributed by atoms with Crippen molar-refractivity contribution < 1.29 is 9.53 Å². The molecule has 1 aromatic heterocycles. The molecule has 2 rings (SSSR count). The second kappa shape index (κ2) is 6.85. The van der Waals surface area contributed by atoms with Crippen molar-refractivity contribution in [3.05, 3.63) is 58.9 Å². The number of aromatic nitrogens is 2. The molecule has 1 aromatic carbocycles. The molecule has 0 atom stereocenters. The van der Waals surface area contributed by atoms with Crippen molar-refractivity contribution in [2.75, 3.05) is 6.61 Å². The van der Waals surface area contributed by atoms with E-state index in [1.54, 1.807) is 0 Å². The Balaban J connectivity index is 1.74. The Kier molecular flexibility index (Phi) is 4.86. The molecule has 19 heavy (non-hydrogen) atoms. The van der Waals surface area contributed by atoms with Crippen molar-refractivity contribution in [2.24, 2.45) is 0 Å². The van der Waals surface area contributed by atoms with Gasteiger partial charge < -0.3 is 4.74 Å². The smallest absolute Gasteiger partial charge is 0.358 e. The van der Waals surface area contributed by atoms with E-state index in [-0.39, 0.29) is 10.8 Å². The van der Waals surface area contributed by atoms with E-state index in [0.29, 0.717) is 6.61 Å². The van der Waals surface area contributed by atoms with Crippen LogP contribution in [-0.4, -0.2) is 22.8 Å². The molecule has 0 aliphatic heterocycles. The molecule has 0 spiro atoms. The van der Waals surface area contributed by atoms with Crippen LogP contribution in [0.1, 0.15) is 22.5 Å². The zero-order chi connectivity index (χ0) is 13.5. The van der Waals surface area contributed by atoms with E-state index in [9.17, 15) is 4.79 Å². The lowest BCUT2D eigenvalue weighted by atomic mass is 10.1. The quantitative estimate of drug-likeness (QED) is 0.622. The molecule has 0 fully saturated rings. The molecule has 0 saturated heterocycles. The molecule has 0 N–H and O–H groups in total. The molecular formula is C14H13ClN2O2. The van der Waals surface area contributed by atoms with Crippen molar-refractivity contribution >= 4 is 17.6 Å². The third-order valence-corrected chi connectivity index (χ3v) is 2.73. The van der Waals surface area contributed by atoms with Gasteiger partial charge in [0.05, 0.1) is 6.61 Å². The fraction of sp³-hybridized carbons (Fsp3) is 0.214. The maximum atomic E-state index is 11.6. The summed E-state index contributed by atoms with van der Waals surface area (Å²) in [6.07, 6.45) is 1.65. The van der Waals surface area contributed by atoms with Crippen LogP contribution in [-0.2, 0) is 11.2 Å². The minimum absolute atomic E-state index is 0.170. The lowest BCUT2D eigenvalue weighted by Gasteiger charge is -2.04. The van der Waals surface area contributed by atoms with Gasteiger partial charge in [-0.15, -0.1) is 10.2 Å². The Morgan fingerprint density at radius 2 is 1.89 bits per heavy atom. The summed E-state index contributed by atoms with van der Waals surface area (Å²) in [7, 11) is 0. The molecule has 0 radical (unpaired) electrons. The van der Waals surface area contributed by atoms with Gasteiger partial charge in [-0.05, 0) is 30.5 Å². The fourth-order valence-corrected chi connectivity index (χ4v) is 1.69. The number of halogens is 1. The van der Waals surface area contributed by atoms with Gasteiger partial charge in [-0.25, -0.2) is 4.79 Å². The number of benzene rings is 1. The molecule has 5 heteroatoms. The number of esters is 1. The molecule has 2 aromatic rings. The third kappa shape index (κ3) is 4.34. The molecule has 0 aliphatic carbocycles. The summed E-state index contributed by atoms with van der Waals surface area (Å²) in [5.41, 5.74) is 1.40. The average Bonchev–Trinajstić information content (AvgIpc) is 2.45. The molecule has 1 heterocycles. The summed E-state index contributed by atoms with van der Waals surface area (Å²) in [5.74, 6) is -0.475. The van der Waals surface area contributed by atoms with Crippen LogP contribution >= 0.6 is 11.6 Å². The highest BCUT2D eigenvalue weighted by Crippen LogP contribution is 2.05. The van der Waals surface area contributed by atoms with E-state index < -0.39 is 5.97 Å². The lowest BCUT2D eigenvalue weighted by molar-refractivity contribution is 0.0492. The Hall–Kier alpha value is -1.94. The first-order chi connectivity index (χ1) is 9.25. The van der Waals surface area contributed by atoms with Gasteiger partial charge in [0.25, 0.3) is 0 Å². The molecule has 0 aliphatic rings. The predicted molar refractivity (Wildman–Crippen MR) is 72.1 cm³/mol. The predicted octanol–water partition coefficient (Wildman–Crippen LogP) is 2.92. The maximum Gasteiger partial charge on any atom is 0.358 e. The minimum Gasteiger partial charge on any atom is -0.461 e. The molecule has 4 nitrogen and oxygen atoms in total. The molecule has 0 amide bonds. The van der Waals surface area contributed by atoms with Gasteiger partial charge in [-0.1, -0.05) is 41.9 Å². The first-order valence-electron chi connectivity index (χ1n) is 5.96. The molecule has 0 bridgehead atoms. The van der Waals surface area contributed by atoms with Gasteiger partial charge in [0.15, 0.2) is 10.8 Å². The normalized spacial score (nSPS) is 10.2. The Bertz CT molecular complexity index is 529. The van der Waals surface area contributed by atoms with Gasteiger partial charge >= 0.3 is 5.97 Å². The number of carbonyl (C=O) groups is 1. The van der Waals surface area contributed by atoms with E-state index in [4.69, 9.17) is 16.3 Å². The minimum atomic E-state index is -0.475. The third-order valence-electron chi connectivity index (χ3n) is 2.53. The lowest BCUT2D eigenvalue weighted by Crippen LogP contribution is -2.09. The van der Waals surface area contributed by atoms with Crippen molar-refractivity contribution in [2.45, 2.75) is 12.8 Å². The van der Waals surface area contributed by atoms with Crippen LogP contribution in [0.5, 0.6) is 0 Å². The SMILES string of the molecule is O=C(OCCCc1ccccc1)c1ccc(Cl)nn1. The van der Waals surface area contributed by atoms with Crippen LogP contribution in [0.15, 0.2) is 42.5 Å². The number of nitrogens with zero attached hydrogens (tertiary/aromatic N) is 2. The summed E-state index contributed by atoms with van der Waals surface area (Å²) >= 11 is 5.59. The van der Waals surface area contributed by atoms with Gasteiger partial charge in [-0.2, -0.15) is 0 Å². The summed E-state index contributed by atoms with van der Waals surface area (Å²) in [6.45, 7) is 0.359. The average molecular weight is 277 g/mol. The highest BCUT2D eigenvalue weighted by molar-refractivity contribution is 6.29. The zero-order valence-corrected chi connectivity index (χ0v) is 11.0. The van der Waals surface area contributed by atoms with E-state index >= 15 is 0 Å². The highest BCUT2D eigenvalue weighted by atomic mass is 35.5. The molecule has 0 saturated carbocycles. The van der Waals surface area contributed by atoms with Gasteiger partial charge in [0.1, 0.15) is 0 Å². The summed E-state index contributed by atoms with van der Waals surface area (Å²) < 4.78 is 5.11. The first kappa shape index (κ1) is 13.5. The second-order valence-corrected chi connectivity index (χ2v) is 4.35. The number of hydrogen-bond acceptors (Lipinski definition) is 4. The summed E-state index contributed by atoms with van der Waals surface area (Å²) in [5, 5.41) is 7.50. The maximum absolute atomic E-state index is 11.6. The highest BCUT2D eigenvalue weighted by Gasteiger charge is 2.08. The Labute approximate surface area is 116 Å². The number of carbonyl (C=O) groups excluding carboxylic acids is 1. The second-order valence-electron chi connectivity index (χ2n) is 3.97. The number of rotatable bonds is 5. The fourth-order valence-electron chi connectivity index (χ4n) is 1.58. The molecule has 0 unspecified atom stereocenters. The van der Waals surface area contributed by atoms with E-state index in [1.807, 2.05) is 30.3 Å². The van der Waals surface area contributed by atoms with Crippen molar-refractivity contribution in [1.29, 1.82) is 0 Å². The van der Waals surface area contributed by atoms with Crippen molar-refractivity contribution in [1.82, 2.24) is 10.2 Å². The van der Waals surface area contributed by atoms with Crippen LogP contribution in [0.2, 0.25) is 5.15 Å². The summed E-state index contributed by atoms with van der Waals surface area (Å²) in [6, 6.07) is 13.1. The standard InChI is InChI=1S/C14H13ClN2O2/c15-13-9-8-12(16-17-13)14(18)19-10-4-7-11-5-2-1-3-6-11/h1-3,5-6,8-9H,4,7,10H2. The topological polar surface area (TPSA) is 52.1 Å². The van der Waals surface area contributed by atoms with Crippen LogP contribution in [0.4, 0.5) is 0 Å². The van der Waals surface area contributed by atoms with Crippen molar-refractivity contribution in [3.8, 4) is 0 Å². The first-order valence-corrected chi connectivity index (χ1v) is 6.34. The summed E-state index contributed by atoms with van der Waals surface area (Å²) in [4.78, 5) is 11.6. The van der Waals surface area contributed by atoms with Crippen LogP contribution in [0.3, 0.4) is 0 Å². The number of hydrogen-bond donors (Lipinski definition) is 0. The van der Waals surface area contributed by atoms with Crippen molar-refractivity contribution in [3.63, 3.8) is 0 Å². The van der Waals surface area contributed by atoms with E-state index in [2.05, 4.69) is 10.2 Å². The van der Waals surface area contributed by atoms with Gasteiger partial charge in [0.2, 0.25) is 0 Å². The Morgan fingerprint density at radius 1 is 1.11 bits per heavy atom. The van der Waals surface area contributed by atoms with Crippen LogP contribution < -0.4 is 0 Å². The van der Waals surface area contributed by atoms with Gasteiger partial charge in [-0.3, -0.25) is 0 Å². The van der Waals surface area contributed by atoms with Gasteiger partial charge in [0, 0.05) is 0 Å².